The van der Waals surface area contributed by atoms with Gasteiger partial charge in [0.25, 0.3) is 0 Å². The third-order valence-corrected chi connectivity index (χ3v) is 3.01. The number of halogens is 1. The van der Waals surface area contributed by atoms with Gasteiger partial charge in [0.15, 0.2) is 0 Å². The summed E-state index contributed by atoms with van der Waals surface area (Å²) in [6.45, 7) is 6.85. The van der Waals surface area contributed by atoms with Gasteiger partial charge in [-0.3, -0.25) is 0 Å². The van der Waals surface area contributed by atoms with Crippen molar-refractivity contribution in [2.24, 2.45) is 0 Å². The SMILES string of the molecule is Cc1ccc(-c2nnc(CCCNC(C)C)o2)cc1F. The van der Waals surface area contributed by atoms with E-state index in [4.69, 9.17) is 4.42 Å². The highest BCUT2D eigenvalue weighted by Crippen LogP contribution is 2.20. The Morgan fingerprint density at radius 1 is 1.30 bits per heavy atom. The Morgan fingerprint density at radius 2 is 2.10 bits per heavy atom. The van der Waals surface area contributed by atoms with Crippen LogP contribution in [0, 0.1) is 12.7 Å². The van der Waals surface area contributed by atoms with Crippen LogP contribution in [0.3, 0.4) is 0 Å². The summed E-state index contributed by atoms with van der Waals surface area (Å²) in [6.07, 6.45) is 1.66. The second-order valence-electron chi connectivity index (χ2n) is 5.18. The molecular formula is C15H20FN3O. The molecule has 0 aliphatic carbocycles. The third-order valence-electron chi connectivity index (χ3n) is 3.01. The number of rotatable bonds is 6. The largest absolute Gasteiger partial charge is 0.421 e. The smallest absolute Gasteiger partial charge is 0.247 e. The van der Waals surface area contributed by atoms with Crippen LogP contribution in [0.4, 0.5) is 4.39 Å². The number of benzene rings is 1. The van der Waals surface area contributed by atoms with Gasteiger partial charge in [-0.2, -0.15) is 0 Å². The molecule has 0 saturated carbocycles. The van der Waals surface area contributed by atoms with E-state index in [0.717, 1.165) is 19.4 Å². The Balaban J connectivity index is 1.96. The number of nitrogens with zero attached hydrogens (tertiary/aromatic N) is 2. The Bertz CT molecular complexity index is 566. The molecule has 0 radical (unpaired) electrons. The molecule has 1 aromatic carbocycles. The maximum Gasteiger partial charge on any atom is 0.247 e. The van der Waals surface area contributed by atoms with Crippen LogP contribution in [-0.2, 0) is 6.42 Å². The zero-order valence-corrected chi connectivity index (χ0v) is 12.1. The minimum atomic E-state index is -0.261. The molecule has 1 N–H and O–H groups in total. The lowest BCUT2D eigenvalue weighted by atomic mass is 10.1. The molecule has 108 valence electrons. The van der Waals surface area contributed by atoms with Crippen molar-refractivity contribution >= 4 is 0 Å². The Hall–Kier alpha value is -1.75. The Labute approximate surface area is 118 Å². The average Bonchev–Trinajstić information content (AvgIpc) is 2.86. The van der Waals surface area contributed by atoms with Gasteiger partial charge in [-0.15, -0.1) is 10.2 Å². The van der Waals surface area contributed by atoms with Crippen LogP contribution >= 0.6 is 0 Å². The van der Waals surface area contributed by atoms with Crippen LogP contribution in [0.5, 0.6) is 0 Å². The van der Waals surface area contributed by atoms with Crippen LogP contribution in [0.1, 0.15) is 31.7 Å². The predicted molar refractivity (Wildman–Crippen MR) is 75.9 cm³/mol. The maximum atomic E-state index is 13.5. The maximum absolute atomic E-state index is 13.5. The first kappa shape index (κ1) is 14.7. The molecule has 0 atom stereocenters. The van der Waals surface area contributed by atoms with E-state index in [2.05, 4.69) is 29.4 Å². The van der Waals surface area contributed by atoms with Crippen molar-refractivity contribution in [3.05, 3.63) is 35.5 Å². The van der Waals surface area contributed by atoms with Crippen molar-refractivity contribution < 1.29 is 8.81 Å². The standard InChI is InChI=1S/C15H20FN3O/c1-10(2)17-8-4-5-14-18-19-15(20-14)12-7-6-11(3)13(16)9-12/h6-7,9-10,17H,4-5,8H2,1-3H3. The molecule has 0 unspecified atom stereocenters. The molecule has 1 aromatic heterocycles. The zero-order chi connectivity index (χ0) is 14.5. The third kappa shape index (κ3) is 3.87. The Kier molecular flexibility index (Phi) is 4.84. The van der Waals surface area contributed by atoms with Crippen molar-refractivity contribution in [3.8, 4) is 11.5 Å². The molecule has 0 saturated heterocycles. The molecule has 5 heteroatoms. The summed E-state index contributed by atoms with van der Waals surface area (Å²) in [5.74, 6) is 0.700. The van der Waals surface area contributed by atoms with E-state index in [1.165, 1.54) is 6.07 Å². The molecule has 0 aliphatic heterocycles. The summed E-state index contributed by atoms with van der Waals surface area (Å²) in [6, 6.07) is 5.40. The first-order chi connectivity index (χ1) is 9.56. The van der Waals surface area contributed by atoms with Crippen molar-refractivity contribution in [3.63, 3.8) is 0 Å². The van der Waals surface area contributed by atoms with Crippen molar-refractivity contribution in [1.82, 2.24) is 15.5 Å². The molecule has 0 amide bonds. The molecule has 4 nitrogen and oxygen atoms in total. The van der Waals surface area contributed by atoms with Gasteiger partial charge in [-0.05, 0) is 37.6 Å². The molecule has 0 spiro atoms. The normalized spacial score (nSPS) is 11.2. The van der Waals surface area contributed by atoms with Crippen molar-refractivity contribution in [1.29, 1.82) is 0 Å². The average molecular weight is 277 g/mol. The highest BCUT2D eigenvalue weighted by molar-refractivity contribution is 5.53. The highest BCUT2D eigenvalue weighted by Gasteiger charge is 2.10. The fourth-order valence-corrected chi connectivity index (χ4v) is 1.83. The predicted octanol–water partition coefficient (Wildman–Crippen LogP) is 3.11. The molecule has 1 heterocycles. The molecular weight excluding hydrogens is 257 g/mol. The molecule has 20 heavy (non-hydrogen) atoms. The summed E-state index contributed by atoms with van der Waals surface area (Å²) in [7, 11) is 0. The monoisotopic (exact) mass is 277 g/mol. The summed E-state index contributed by atoms with van der Waals surface area (Å²) in [5, 5.41) is 11.3. The topological polar surface area (TPSA) is 51.0 Å². The molecule has 2 rings (SSSR count). The fourth-order valence-electron chi connectivity index (χ4n) is 1.83. The molecule has 0 aliphatic rings. The van der Waals surface area contributed by atoms with Crippen LogP contribution in [0.15, 0.2) is 22.6 Å². The van der Waals surface area contributed by atoms with Crippen LogP contribution in [0.25, 0.3) is 11.5 Å². The second-order valence-corrected chi connectivity index (χ2v) is 5.18. The van der Waals surface area contributed by atoms with E-state index in [-0.39, 0.29) is 5.82 Å². The number of hydrogen-bond acceptors (Lipinski definition) is 4. The van der Waals surface area contributed by atoms with E-state index in [1.807, 2.05) is 0 Å². The van der Waals surface area contributed by atoms with Gasteiger partial charge in [0.05, 0.1) is 0 Å². The van der Waals surface area contributed by atoms with E-state index >= 15 is 0 Å². The number of hydrogen-bond donors (Lipinski definition) is 1. The first-order valence-electron chi connectivity index (χ1n) is 6.88. The lowest BCUT2D eigenvalue weighted by Gasteiger charge is -2.05. The van der Waals surface area contributed by atoms with Gasteiger partial charge in [-0.25, -0.2) is 4.39 Å². The van der Waals surface area contributed by atoms with E-state index in [0.29, 0.717) is 29.0 Å². The summed E-state index contributed by atoms with van der Waals surface area (Å²) in [4.78, 5) is 0. The first-order valence-corrected chi connectivity index (χ1v) is 6.88. The quantitative estimate of drug-likeness (QED) is 0.824. The lowest BCUT2D eigenvalue weighted by molar-refractivity contribution is 0.483. The minimum Gasteiger partial charge on any atom is -0.421 e. The van der Waals surface area contributed by atoms with Crippen molar-refractivity contribution in [2.75, 3.05) is 6.54 Å². The van der Waals surface area contributed by atoms with E-state index in [9.17, 15) is 4.39 Å². The number of aryl methyl sites for hydroxylation is 2. The zero-order valence-electron chi connectivity index (χ0n) is 12.1. The summed E-state index contributed by atoms with van der Waals surface area (Å²) < 4.78 is 19.1. The van der Waals surface area contributed by atoms with Gasteiger partial charge < -0.3 is 9.73 Å². The summed E-state index contributed by atoms with van der Waals surface area (Å²) in [5.41, 5.74) is 1.22. The minimum absolute atomic E-state index is 0.261. The van der Waals surface area contributed by atoms with Gasteiger partial charge in [0, 0.05) is 18.0 Å². The summed E-state index contributed by atoms with van der Waals surface area (Å²) >= 11 is 0. The molecule has 0 bridgehead atoms. The lowest BCUT2D eigenvalue weighted by Crippen LogP contribution is -2.23. The molecule has 0 fully saturated rings. The van der Waals surface area contributed by atoms with Crippen LogP contribution in [-0.4, -0.2) is 22.8 Å². The van der Waals surface area contributed by atoms with E-state index in [1.54, 1.807) is 19.1 Å². The molecule has 2 aromatic rings. The van der Waals surface area contributed by atoms with Gasteiger partial charge in [0.1, 0.15) is 5.82 Å². The number of nitrogens with one attached hydrogen (secondary N) is 1. The second kappa shape index (κ2) is 6.61. The van der Waals surface area contributed by atoms with Gasteiger partial charge in [0.2, 0.25) is 11.8 Å². The van der Waals surface area contributed by atoms with Crippen molar-refractivity contribution in [2.45, 2.75) is 39.7 Å². The Morgan fingerprint density at radius 3 is 2.80 bits per heavy atom. The number of aromatic nitrogens is 2. The van der Waals surface area contributed by atoms with Crippen LogP contribution in [0.2, 0.25) is 0 Å². The van der Waals surface area contributed by atoms with Gasteiger partial charge in [-0.1, -0.05) is 19.9 Å². The van der Waals surface area contributed by atoms with E-state index < -0.39 is 0 Å². The highest BCUT2D eigenvalue weighted by atomic mass is 19.1. The van der Waals surface area contributed by atoms with Crippen LogP contribution < -0.4 is 5.32 Å². The van der Waals surface area contributed by atoms with Gasteiger partial charge >= 0.3 is 0 Å². The fraction of sp³-hybridized carbons (Fsp3) is 0.467.